The molecule has 0 fully saturated rings. The van der Waals surface area contributed by atoms with Gasteiger partial charge in [-0.05, 0) is 56.4 Å². The second-order valence-corrected chi connectivity index (χ2v) is 8.62. The molecular weight excluding hydrogens is 400 g/mol. The van der Waals surface area contributed by atoms with Crippen LogP contribution in [0, 0.1) is 0 Å². The van der Waals surface area contributed by atoms with Crippen LogP contribution in [0.4, 0.5) is 5.69 Å². The second kappa shape index (κ2) is 9.04. The highest BCUT2D eigenvalue weighted by atomic mass is 35.5. The number of carbonyl (C=O) groups excluding carboxylic acids is 1. The predicted molar refractivity (Wildman–Crippen MR) is 122 cm³/mol. The van der Waals surface area contributed by atoms with E-state index in [4.69, 9.17) is 16.3 Å². The Morgan fingerprint density at radius 3 is 2.90 bits per heavy atom. The molecular formula is C23H29ClN4O2. The Hall–Kier alpha value is -2.60. The third kappa shape index (κ3) is 4.43. The molecule has 1 unspecified atom stereocenters. The zero-order valence-electron chi connectivity index (χ0n) is 18.2. The van der Waals surface area contributed by atoms with Gasteiger partial charge in [-0.3, -0.25) is 4.79 Å². The SMILES string of the molecule is CCCN1c2cc(OC)c(/C=N\NC(=O)c3cccnc3Cl)cc2C(C)CC1(C)C. The summed E-state index contributed by atoms with van der Waals surface area (Å²) >= 11 is 5.97. The molecule has 0 saturated heterocycles. The van der Waals surface area contributed by atoms with Crippen molar-refractivity contribution >= 4 is 29.4 Å². The quantitative estimate of drug-likeness (QED) is 0.399. The van der Waals surface area contributed by atoms with E-state index in [1.165, 1.54) is 17.4 Å². The first kappa shape index (κ1) is 22.1. The normalized spacial score (nSPS) is 17.7. The highest BCUT2D eigenvalue weighted by Gasteiger charge is 2.36. The first-order valence-electron chi connectivity index (χ1n) is 10.2. The molecule has 2 heterocycles. The van der Waals surface area contributed by atoms with Crippen molar-refractivity contribution in [2.45, 2.75) is 52.0 Å². The van der Waals surface area contributed by atoms with Crippen molar-refractivity contribution in [1.29, 1.82) is 0 Å². The Bertz CT molecular complexity index is 958. The molecule has 7 heteroatoms. The molecule has 0 radical (unpaired) electrons. The van der Waals surface area contributed by atoms with Crippen LogP contribution in [-0.4, -0.2) is 36.3 Å². The summed E-state index contributed by atoms with van der Waals surface area (Å²) in [6.07, 6.45) is 5.29. The average Bonchev–Trinajstić information content (AvgIpc) is 2.70. The van der Waals surface area contributed by atoms with Crippen molar-refractivity contribution < 1.29 is 9.53 Å². The molecule has 1 atom stereocenters. The zero-order chi connectivity index (χ0) is 21.9. The largest absolute Gasteiger partial charge is 0.496 e. The number of methoxy groups -OCH3 is 1. The number of halogens is 1. The van der Waals surface area contributed by atoms with Gasteiger partial charge in [-0.1, -0.05) is 25.4 Å². The van der Waals surface area contributed by atoms with Crippen LogP contribution in [0.5, 0.6) is 5.75 Å². The van der Waals surface area contributed by atoms with Gasteiger partial charge in [0, 0.05) is 35.6 Å². The molecule has 30 heavy (non-hydrogen) atoms. The first-order valence-corrected chi connectivity index (χ1v) is 10.6. The van der Waals surface area contributed by atoms with E-state index in [0.717, 1.165) is 30.7 Å². The molecule has 2 aromatic rings. The van der Waals surface area contributed by atoms with Crippen LogP contribution < -0.4 is 15.1 Å². The minimum Gasteiger partial charge on any atom is -0.496 e. The Morgan fingerprint density at radius 2 is 2.23 bits per heavy atom. The van der Waals surface area contributed by atoms with E-state index in [0.29, 0.717) is 5.92 Å². The molecule has 0 spiro atoms. The maximum absolute atomic E-state index is 12.3. The molecule has 1 amide bonds. The van der Waals surface area contributed by atoms with Crippen molar-refractivity contribution in [3.05, 3.63) is 52.3 Å². The molecule has 0 bridgehead atoms. The molecule has 0 aliphatic carbocycles. The number of nitrogens with one attached hydrogen (secondary N) is 1. The van der Waals surface area contributed by atoms with Crippen molar-refractivity contribution in [3.63, 3.8) is 0 Å². The highest BCUT2D eigenvalue weighted by molar-refractivity contribution is 6.32. The number of ether oxygens (including phenoxy) is 1. The number of hydrogen-bond donors (Lipinski definition) is 1. The van der Waals surface area contributed by atoms with Crippen LogP contribution in [0.3, 0.4) is 0 Å². The van der Waals surface area contributed by atoms with E-state index < -0.39 is 5.91 Å². The van der Waals surface area contributed by atoms with Crippen LogP contribution in [0.2, 0.25) is 5.15 Å². The van der Waals surface area contributed by atoms with E-state index in [9.17, 15) is 4.79 Å². The molecule has 1 aromatic heterocycles. The number of hydrazone groups is 1. The predicted octanol–water partition coefficient (Wildman–Crippen LogP) is 5.01. The van der Waals surface area contributed by atoms with Crippen molar-refractivity contribution in [3.8, 4) is 5.75 Å². The van der Waals surface area contributed by atoms with Gasteiger partial charge in [-0.2, -0.15) is 5.10 Å². The van der Waals surface area contributed by atoms with Crippen LogP contribution in [0.15, 0.2) is 35.6 Å². The summed E-state index contributed by atoms with van der Waals surface area (Å²) in [6, 6.07) is 7.46. The van der Waals surface area contributed by atoms with Gasteiger partial charge in [-0.15, -0.1) is 0 Å². The summed E-state index contributed by atoms with van der Waals surface area (Å²) in [6.45, 7) is 10.0. The molecule has 1 N–H and O–H groups in total. The fourth-order valence-electron chi connectivity index (χ4n) is 4.23. The van der Waals surface area contributed by atoms with Crippen LogP contribution in [0.1, 0.15) is 67.9 Å². The lowest BCUT2D eigenvalue weighted by molar-refractivity contribution is 0.0955. The lowest BCUT2D eigenvalue weighted by Gasteiger charge is -2.47. The van der Waals surface area contributed by atoms with Crippen molar-refractivity contribution in [2.75, 3.05) is 18.6 Å². The average molecular weight is 429 g/mol. The molecule has 3 rings (SSSR count). The summed E-state index contributed by atoms with van der Waals surface area (Å²) in [5.74, 6) is 0.715. The lowest BCUT2D eigenvalue weighted by atomic mass is 9.79. The number of benzene rings is 1. The summed E-state index contributed by atoms with van der Waals surface area (Å²) < 4.78 is 5.64. The molecule has 1 aromatic carbocycles. The monoisotopic (exact) mass is 428 g/mol. The lowest BCUT2D eigenvalue weighted by Crippen LogP contribution is -2.48. The number of nitrogens with zero attached hydrogens (tertiary/aromatic N) is 3. The summed E-state index contributed by atoms with van der Waals surface area (Å²) in [7, 11) is 1.65. The van der Waals surface area contributed by atoms with Gasteiger partial charge in [0.05, 0.1) is 18.9 Å². The number of amides is 1. The Morgan fingerprint density at radius 1 is 1.47 bits per heavy atom. The van der Waals surface area contributed by atoms with Gasteiger partial charge in [-0.25, -0.2) is 10.4 Å². The van der Waals surface area contributed by atoms with Crippen LogP contribution >= 0.6 is 11.6 Å². The Balaban J connectivity index is 1.90. The van der Waals surface area contributed by atoms with Gasteiger partial charge in [0.2, 0.25) is 0 Å². The smallest absolute Gasteiger partial charge is 0.274 e. The number of pyridine rings is 1. The van der Waals surface area contributed by atoms with Gasteiger partial charge in [0.25, 0.3) is 5.91 Å². The van der Waals surface area contributed by atoms with E-state index in [1.807, 2.05) is 0 Å². The number of aromatic nitrogens is 1. The summed E-state index contributed by atoms with van der Waals surface area (Å²) in [5.41, 5.74) is 6.17. The maximum atomic E-state index is 12.3. The topological polar surface area (TPSA) is 66.8 Å². The van der Waals surface area contributed by atoms with Gasteiger partial charge in [0.15, 0.2) is 0 Å². The molecule has 6 nitrogen and oxygen atoms in total. The zero-order valence-corrected chi connectivity index (χ0v) is 19.0. The number of anilines is 1. The Kier molecular flexibility index (Phi) is 6.66. The van der Waals surface area contributed by atoms with E-state index >= 15 is 0 Å². The second-order valence-electron chi connectivity index (χ2n) is 8.26. The number of carbonyl (C=O) groups is 1. The summed E-state index contributed by atoms with van der Waals surface area (Å²) in [4.78, 5) is 18.7. The molecule has 160 valence electrons. The standard InChI is InChI=1S/C23H29ClN4O2/c1-6-10-28-19-12-20(30-5)16(11-18(19)15(2)13-23(28,3)4)14-26-27-22(29)17-8-7-9-25-21(17)24/h7-9,11-12,14-15H,6,10,13H2,1-5H3,(H,27,29)/b26-14-. The Labute approximate surface area is 183 Å². The highest BCUT2D eigenvalue weighted by Crippen LogP contribution is 2.45. The van der Waals surface area contributed by atoms with Crippen LogP contribution in [0.25, 0.3) is 0 Å². The van der Waals surface area contributed by atoms with Crippen molar-refractivity contribution in [1.82, 2.24) is 10.4 Å². The van der Waals surface area contributed by atoms with Crippen LogP contribution in [-0.2, 0) is 0 Å². The fraction of sp³-hybridized carbons (Fsp3) is 0.435. The first-order chi connectivity index (χ1) is 14.3. The van der Waals surface area contributed by atoms with Gasteiger partial charge >= 0.3 is 0 Å². The third-order valence-electron chi connectivity index (χ3n) is 5.56. The minimum atomic E-state index is -0.412. The van der Waals surface area contributed by atoms with Gasteiger partial charge < -0.3 is 9.64 Å². The number of rotatable bonds is 6. The van der Waals surface area contributed by atoms with E-state index in [2.05, 4.69) is 60.2 Å². The number of hydrogen-bond acceptors (Lipinski definition) is 5. The summed E-state index contributed by atoms with van der Waals surface area (Å²) in [5, 5.41) is 4.26. The number of fused-ring (bicyclic) bond motifs is 1. The van der Waals surface area contributed by atoms with Crippen molar-refractivity contribution in [2.24, 2.45) is 5.10 Å². The van der Waals surface area contributed by atoms with Gasteiger partial charge in [0.1, 0.15) is 10.9 Å². The minimum absolute atomic E-state index is 0.0833. The third-order valence-corrected chi connectivity index (χ3v) is 5.86. The maximum Gasteiger partial charge on any atom is 0.274 e. The molecule has 1 aliphatic heterocycles. The molecule has 1 aliphatic rings. The van der Waals surface area contributed by atoms with E-state index in [-0.39, 0.29) is 16.3 Å². The molecule has 0 saturated carbocycles. The fourth-order valence-corrected chi connectivity index (χ4v) is 4.43. The van der Waals surface area contributed by atoms with E-state index in [1.54, 1.807) is 25.5 Å².